The first-order valence-electron chi connectivity index (χ1n) is 13.0. The van der Waals surface area contributed by atoms with Gasteiger partial charge in [0.2, 0.25) is 0 Å². The Morgan fingerprint density at radius 1 is 1.16 bits per heavy atom. The van der Waals surface area contributed by atoms with Crippen LogP contribution in [-0.2, 0) is 4.79 Å². The van der Waals surface area contributed by atoms with Crippen LogP contribution in [0.15, 0.2) is 23.3 Å². The molecule has 3 fully saturated rings. The molecule has 0 amide bonds. The molecule has 1 N–H and O–H groups in total. The van der Waals surface area contributed by atoms with E-state index in [0.717, 1.165) is 24.2 Å². The number of hydrogen-bond donors (Lipinski definition) is 1. The van der Waals surface area contributed by atoms with Gasteiger partial charge in [-0.3, -0.25) is 4.79 Å². The van der Waals surface area contributed by atoms with Gasteiger partial charge in [0.05, 0.1) is 0 Å². The summed E-state index contributed by atoms with van der Waals surface area (Å²) in [7, 11) is 0. The van der Waals surface area contributed by atoms with E-state index < -0.39 is 11.5 Å². The molecular formula is C29H46O2. The second-order valence-electron chi connectivity index (χ2n) is 13.0. The molecule has 0 radical (unpaired) electrons. The molecular weight excluding hydrogens is 380 g/mol. The minimum absolute atomic E-state index is 0.0583. The summed E-state index contributed by atoms with van der Waals surface area (Å²) < 4.78 is 0. The van der Waals surface area contributed by atoms with Gasteiger partial charge >= 0.3 is 0 Å². The van der Waals surface area contributed by atoms with Crippen molar-refractivity contribution in [1.29, 1.82) is 0 Å². The molecule has 2 heteroatoms. The Morgan fingerprint density at radius 2 is 1.87 bits per heavy atom. The topological polar surface area (TPSA) is 37.3 Å². The van der Waals surface area contributed by atoms with E-state index in [1.807, 2.05) is 0 Å². The number of rotatable bonds is 4. The average molecular weight is 427 g/mol. The number of aliphatic hydroxyl groups is 1. The third kappa shape index (κ3) is 3.51. The molecule has 174 valence electrons. The maximum Gasteiger partial charge on any atom is 0.163 e. The molecule has 3 saturated carbocycles. The zero-order valence-corrected chi connectivity index (χ0v) is 21.1. The maximum absolute atomic E-state index is 12.8. The Kier molecular flexibility index (Phi) is 5.90. The van der Waals surface area contributed by atoms with E-state index in [2.05, 4.69) is 60.6 Å². The summed E-state index contributed by atoms with van der Waals surface area (Å²) in [6, 6.07) is 0. The van der Waals surface area contributed by atoms with E-state index in [9.17, 15) is 9.90 Å². The van der Waals surface area contributed by atoms with E-state index >= 15 is 0 Å². The number of carbonyl (C=O) groups excluding carboxylic acids is 1. The first-order chi connectivity index (χ1) is 14.4. The van der Waals surface area contributed by atoms with Crippen LogP contribution in [0.1, 0.15) is 99.8 Å². The lowest BCUT2D eigenvalue weighted by Crippen LogP contribution is -2.57. The normalized spacial score (nSPS) is 44.6. The Hall–Kier alpha value is -0.890. The summed E-state index contributed by atoms with van der Waals surface area (Å²) in [5, 5.41) is 10.7. The van der Waals surface area contributed by atoms with Crippen LogP contribution < -0.4 is 0 Å². The number of Topliss-reactive ketones (excluding diaryl/α,β-unsaturated/α-hetero) is 1. The van der Waals surface area contributed by atoms with Crippen molar-refractivity contribution < 1.29 is 9.90 Å². The number of fused-ring (bicyclic) bond motifs is 5. The first kappa shape index (κ1) is 23.3. The zero-order valence-electron chi connectivity index (χ0n) is 21.1. The summed E-state index contributed by atoms with van der Waals surface area (Å²) in [6.07, 6.45) is 13.6. The minimum Gasteiger partial charge on any atom is -0.384 e. The van der Waals surface area contributed by atoms with Gasteiger partial charge in [0.25, 0.3) is 0 Å². The van der Waals surface area contributed by atoms with Crippen LogP contribution in [0.5, 0.6) is 0 Å². The monoisotopic (exact) mass is 426 g/mol. The molecule has 0 saturated heterocycles. The molecule has 8 atom stereocenters. The molecule has 0 aromatic carbocycles. The van der Waals surface area contributed by atoms with Crippen molar-refractivity contribution in [3.8, 4) is 0 Å². The van der Waals surface area contributed by atoms with Crippen LogP contribution >= 0.6 is 0 Å². The van der Waals surface area contributed by atoms with Crippen LogP contribution in [0.25, 0.3) is 0 Å². The molecule has 4 aliphatic carbocycles. The lowest BCUT2D eigenvalue weighted by molar-refractivity contribution is -0.144. The molecule has 0 aromatic rings. The van der Waals surface area contributed by atoms with Crippen molar-refractivity contribution in [2.75, 3.05) is 0 Å². The summed E-state index contributed by atoms with van der Waals surface area (Å²) in [5.41, 5.74) is 2.80. The Balaban J connectivity index is 1.58. The van der Waals surface area contributed by atoms with E-state index in [1.54, 1.807) is 0 Å². The molecule has 4 aliphatic rings. The minimum atomic E-state index is -0.838. The van der Waals surface area contributed by atoms with Crippen molar-refractivity contribution in [2.45, 2.75) is 106 Å². The second kappa shape index (κ2) is 7.86. The van der Waals surface area contributed by atoms with Gasteiger partial charge in [0.15, 0.2) is 5.78 Å². The Labute approximate surface area is 191 Å². The second-order valence-corrected chi connectivity index (χ2v) is 13.0. The average Bonchev–Trinajstić information content (AvgIpc) is 3.03. The molecule has 0 aliphatic heterocycles. The highest BCUT2D eigenvalue weighted by Gasteiger charge is 2.62. The Bertz CT molecular complexity index is 785. The van der Waals surface area contributed by atoms with Gasteiger partial charge < -0.3 is 5.11 Å². The number of ketones is 1. The highest BCUT2D eigenvalue weighted by molar-refractivity contribution is 5.87. The molecule has 0 bridgehead atoms. The third-order valence-corrected chi connectivity index (χ3v) is 10.6. The van der Waals surface area contributed by atoms with Crippen LogP contribution in [0.3, 0.4) is 0 Å². The van der Waals surface area contributed by atoms with Crippen molar-refractivity contribution in [3.05, 3.63) is 23.3 Å². The predicted octanol–water partition coefficient (Wildman–Crippen LogP) is 7.12. The van der Waals surface area contributed by atoms with Crippen molar-refractivity contribution in [3.63, 3.8) is 0 Å². The zero-order chi connectivity index (χ0) is 22.8. The highest BCUT2D eigenvalue weighted by atomic mass is 16.3. The fourth-order valence-corrected chi connectivity index (χ4v) is 9.14. The molecule has 4 rings (SSSR count). The van der Waals surface area contributed by atoms with Gasteiger partial charge in [-0.25, -0.2) is 0 Å². The summed E-state index contributed by atoms with van der Waals surface area (Å²) in [6.45, 7) is 16.1. The molecule has 0 spiro atoms. The van der Waals surface area contributed by atoms with Gasteiger partial charge in [0.1, 0.15) is 6.10 Å². The van der Waals surface area contributed by atoms with Gasteiger partial charge in [-0.2, -0.15) is 0 Å². The fraction of sp³-hybridized carbons (Fsp3) is 0.828. The van der Waals surface area contributed by atoms with E-state index in [4.69, 9.17) is 0 Å². The smallest absolute Gasteiger partial charge is 0.163 e. The lowest BCUT2D eigenvalue weighted by atomic mass is 9.44. The summed E-state index contributed by atoms with van der Waals surface area (Å²) in [4.78, 5) is 12.8. The van der Waals surface area contributed by atoms with Crippen molar-refractivity contribution >= 4 is 5.78 Å². The number of hydrogen-bond acceptors (Lipinski definition) is 2. The summed E-state index contributed by atoms with van der Waals surface area (Å²) in [5.74, 6) is 3.80. The van der Waals surface area contributed by atoms with E-state index in [-0.39, 0.29) is 11.2 Å². The van der Waals surface area contributed by atoms with Crippen molar-refractivity contribution in [2.24, 2.45) is 45.8 Å². The van der Waals surface area contributed by atoms with Gasteiger partial charge in [0, 0.05) is 11.8 Å². The summed E-state index contributed by atoms with van der Waals surface area (Å²) >= 11 is 0. The van der Waals surface area contributed by atoms with E-state index in [1.165, 1.54) is 49.7 Å². The quantitative estimate of drug-likeness (QED) is 0.486. The van der Waals surface area contributed by atoms with E-state index in [0.29, 0.717) is 23.7 Å². The lowest BCUT2D eigenvalue weighted by Gasteiger charge is -2.60. The fourth-order valence-electron chi connectivity index (χ4n) is 9.14. The molecule has 2 nitrogen and oxygen atoms in total. The standard InChI is InChI=1S/C29H46O2/c1-18(2)9-8-10-19(3)21-12-13-22-20-11-14-25-27(4,5)26(31)24(30)17-29(25,7)23(20)15-16-28(21,22)6/h9,14,19-23,26,31H,8,10-13,15-17H2,1-7H3/t19-,20+,21-,22+,23+,26-,28-,29-/m1/s1. The Morgan fingerprint density at radius 3 is 2.55 bits per heavy atom. The highest BCUT2D eigenvalue weighted by Crippen LogP contribution is 2.68. The molecule has 31 heavy (non-hydrogen) atoms. The molecule has 0 unspecified atom stereocenters. The van der Waals surface area contributed by atoms with Gasteiger partial charge in [-0.05, 0) is 99.2 Å². The van der Waals surface area contributed by atoms with Crippen LogP contribution in [0.4, 0.5) is 0 Å². The van der Waals surface area contributed by atoms with Crippen LogP contribution in [0.2, 0.25) is 0 Å². The van der Waals surface area contributed by atoms with Gasteiger partial charge in [-0.1, -0.05) is 57.9 Å². The number of carbonyl (C=O) groups is 1. The maximum atomic E-state index is 12.8. The molecule has 0 aromatic heterocycles. The van der Waals surface area contributed by atoms with Crippen molar-refractivity contribution in [1.82, 2.24) is 0 Å². The predicted molar refractivity (Wildman–Crippen MR) is 129 cm³/mol. The largest absolute Gasteiger partial charge is 0.384 e. The molecule has 0 heterocycles. The van der Waals surface area contributed by atoms with Gasteiger partial charge in [-0.15, -0.1) is 0 Å². The first-order valence-corrected chi connectivity index (χ1v) is 13.0. The number of aliphatic hydroxyl groups excluding tert-OH is 1. The SMILES string of the molecule is CC(C)=CCC[C@@H](C)[C@H]1CC[C@H]2[C@@H]3CC=C4C(C)(C)[C@H](O)C(=O)C[C@]4(C)[C@H]3CC[C@]12C. The number of allylic oxidation sites excluding steroid dienone is 3. The third-order valence-electron chi connectivity index (χ3n) is 10.6. The van der Waals surface area contributed by atoms with Crippen LogP contribution in [0, 0.1) is 45.8 Å². The van der Waals surface area contributed by atoms with Crippen LogP contribution in [-0.4, -0.2) is 17.0 Å².